The Balaban J connectivity index is 1.65. The number of aromatic nitrogens is 1. The molecule has 0 bridgehead atoms. The molecule has 0 unspecified atom stereocenters. The minimum absolute atomic E-state index is 0.0859. The lowest BCUT2D eigenvalue weighted by Gasteiger charge is -2.42. The van der Waals surface area contributed by atoms with Crippen LogP contribution in [0.25, 0.3) is 20.8 Å². The summed E-state index contributed by atoms with van der Waals surface area (Å²) in [5, 5.41) is 17.7. The minimum Gasteiger partial charge on any atom is -0.313 e. The summed E-state index contributed by atoms with van der Waals surface area (Å²) in [4.78, 5) is 19.3. The number of nitriles is 1. The molecule has 1 amide bonds. The average molecular weight is 473 g/mol. The summed E-state index contributed by atoms with van der Waals surface area (Å²) < 4.78 is 1.13. The number of nitrogens with one attached hydrogen (secondary N) is 2. The number of nitrogens with zero attached hydrogens (tertiary/aromatic N) is 2. The standard InChI is InChI=1S/C26H24N4OS2/c1-25(2)13-17-20(23-28-18-7-5-6-8-19(18)32-23)24(33-21(17)26(3,4)30-25)29-22(31)16-11-9-15(14-27)10-12-16/h5-12,30H,13H2,1-4H3,(H,29,31). The van der Waals surface area contributed by atoms with Gasteiger partial charge < -0.3 is 10.6 Å². The second-order valence-electron chi connectivity index (χ2n) is 9.55. The number of thiazole rings is 1. The van der Waals surface area contributed by atoms with Crippen LogP contribution in [-0.2, 0) is 12.0 Å². The van der Waals surface area contributed by atoms with Gasteiger partial charge in [-0.15, -0.1) is 22.7 Å². The molecule has 0 saturated heterocycles. The number of fused-ring (bicyclic) bond motifs is 2. The first-order valence-electron chi connectivity index (χ1n) is 10.8. The zero-order valence-corrected chi connectivity index (χ0v) is 20.6. The van der Waals surface area contributed by atoms with Crippen molar-refractivity contribution in [2.45, 2.75) is 45.2 Å². The van der Waals surface area contributed by atoms with Crippen LogP contribution in [0.15, 0.2) is 48.5 Å². The molecule has 5 rings (SSSR count). The quantitative estimate of drug-likeness (QED) is 0.366. The molecule has 0 spiro atoms. The van der Waals surface area contributed by atoms with Crippen LogP contribution in [0.4, 0.5) is 5.00 Å². The topological polar surface area (TPSA) is 77.8 Å². The van der Waals surface area contributed by atoms with Crippen molar-refractivity contribution in [2.24, 2.45) is 0 Å². The van der Waals surface area contributed by atoms with Gasteiger partial charge in [-0.3, -0.25) is 4.79 Å². The number of para-hydroxylation sites is 1. The SMILES string of the molecule is CC1(C)Cc2c(sc(NC(=O)c3ccc(C#N)cc3)c2-c2nc3ccccc3s2)C(C)(C)N1. The third-order valence-corrected chi connectivity index (χ3v) is 8.38. The Bertz CT molecular complexity index is 1390. The smallest absolute Gasteiger partial charge is 0.256 e. The molecule has 2 aromatic heterocycles. The molecule has 0 saturated carbocycles. The van der Waals surface area contributed by atoms with Crippen molar-refractivity contribution in [1.82, 2.24) is 10.3 Å². The van der Waals surface area contributed by atoms with E-state index in [2.05, 4.69) is 50.5 Å². The number of rotatable bonds is 3. The third kappa shape index (κ3) is 3.95. The van der Waals surface area contributed by atoms with Gasteiger partial charge in [0.15, 0.2) is 0 Å². The van der Waals surface area contributed by atoms with E-state index in [9.17, 15) is 4.79 Å². The maximum absolute atomic E-state index is 13.2. The van der Waals surface area contributed by atoms with E-state index in [1.165, 1.54) is 10.4 Å². The molecule has 0 aliphatic carbocycles. The average Bonchev–Trinajstić information content (AvgIpc) is 3.33. The molecular formula is C26H24N4OS2. The van der Waals surface area contributed by atoms with Crippen molar-refractivity contribution in [3.63, 3.8) is 0 Å². The number of carbonyl (C=O) groups excluding carboxylic acids is 1. The molecular weight excluding hydrogens is 448 g/mol. The molecule has 1 aliphatic heterocycles. The van der Waals surface area contributed by atoms with Gasteiger partial charge in [0, 0.05) is 27.1 Å². The van der Waals surface area contributed by atoms with Gasteiger partial charge in [0.2, 0.25) is 0 Å². The van der Waals surface area contributed by atoms with Crippen molar-refractivity contribution < 1.29 is 4.79 Å². The zero-order valence-electron chi connectivity index (χ0n) is 18.9. The maximum Gasteiger partial charge on any atom is 0.256 e. The van der Waals surface area contributed by atoms with Crippen molar-refractivity contribution >= 4 is 43.8 Å². The largest absolute Gasteiger partial charge is 0.313 e. The Morgan fingerprint density at radius 1 is 1.09 bits per heavy atom. The first-order chi connectivity index (χ1) is 15.7. The second-order valence-corrected chi connectivity index (χ2v) is 11.6. The molecule has 2 N–H and O–H groups in total. The van der Waals surface area contributed by atoms with Crippen LogP contribution < -0.4 is 10.6 Å². The predicted molar refractivity (Wildman–Crippen MR) is 136 cm³/mol. The van der Waals surface area contributed by atoms with E-state index in [0.717, 1.165) is 32.2 Å². The Morgan fingerprint density at radius 3 is 2.52 bits per heavy atom. The molecule has 4 aromatic rings. The first kappa shape index (κ1) is 21.8. The van der Waals surface area contributed by atoms with Crippen molar-refractivity contribution in [3.05, 3.63) is 70.1 Å². The fourth-order valence-corrected chi connectivity index (χ4v) is 7.07. The number of hydrogen-bond acceptors (Lipinski definition) is 6. The van der Waals surface area contributed by atoms with Crippen molar-refractivity contribution in [3.8, 4) is 16.6 Å². The molecule has 0 radical (unpaired) electrons. The molecule has 0 atom stereocenters. The Hall–Kier alpha value is -3.05. The Morgan fingerprint density at radius 2 is 1.82 bits per heavy atom. The molecule has 7 heteroatoms. The molecule has 5 nitrogen and oxygen atoms in total. The van der Waals surface area contributed by atoms with Gasteiger partial charge in [-0.05, 0) is 76.1 Å². The summed E-state index contributed by atoms with van der Waals surface area (Å²) >= 11 is 3.28. The lowest BCUT2D eigenvalue weighted by Crippen LogP contribution is -2.54. The highest BCUT2D eigenvalue weighted by molar-refractivity contribution is 7.23. The summed E-state index contributed by atoms with van der Waals surface area (Å²) in [7, 11) is 0. The fourth-order valence-electron chi connectivity index (χ4n) is 4.69. The third-order valence-electron chi connectivity index (χ3n) is 5.86. The number of amides is 1. The normalized spacial score (nSPS) is 16.2. The molecule has 1 aliphatic rings. The van der Waals surface area contributed by atoms with Crippen molar-refractivity contribution in [1.29, 1.82) is 5.26 Å². The van der Waals surface area contributed by atoms with E-state index < -0.39 is 0 Å². The van der Waals surface area contributed by atoms with Crippen molar-refractivity contribution in [2.75, 3.05) is 5.32 Å². The summed E-state index contributed by atoms with van der Waals surface area (Å²) in [5.41, 5.74) is 3.98. The van der Waals surface area contributed by atoms with Gasteiger partial charge in [-0.1, -0.05) is 12.1 Å². The van der Waals surface area contributed by atoms with E-state index in [1.54, 1.807) is 46.9 Å². The van der Waals surface area contributed by atoms with E-state index in [-0.39, 0.29) is 17.0 Å². The molecule has 33 heavy (non-hydrogen) atoms. The summed E-state index contributed by atoms with van der Waals surface area (Å²) in [6.45, 7) is 8.81. The van der Waals surface area contributed by atoms with Crippen LogP contribution in [0.5, 0.6) is 0 Å². The van der Waals surface area contributed by atoms with E-state index in [0.29, 0.717) is 11.1 Å². The molecule has 2 aromatic carbocycles. The number of thiophene rings is 1. The highest BCUT2D eigenvalue weighted by Crippen LogP contribution is 2.50. The lowest BCUT2D eigenvalue weighted by molar-refractivity contribution is 0.102. The van der Waals surface area contributed by atoms with Gasteiger partial charge in [0.1, 0.15) is 10.0 Å². The van der Waals surface area contributed by atoms with Crippen LogP contribution >= 0.6 is 22.7 Å². The van der Waals surface area contributed by atoms with Gasteiger partial charge in [-0.25, -0.2) is 4.98 Å². The van der Waals surface area contributed by atoms with Crippen LogP contribution in [0, 0.1) is 11.3 Å². The van der Waals surface area contributed by atoms with Crippen LogP contribution in [0.1, 0.15) is 54.1 Å². The lowest BCUT2D eigenvalue weighted by atomic mass is 9.81. The number of hydrogen-bond donors (Lipinski definition) is 2. The summed E-state index contributed by atoms with van der Waals surface area (Å²) in [6, 6.07) is 16.9. The van der Waals surface area contributed by atoms with Gasteiger partial charge in [0.25, 0.3) is 5.91 Å². The van der Waals surface area contributed by atoms with E-state index in [1.807, 2.05) is 18.2 Å². The number of anilines is 1. The van der Waals surface area contributed by atoms with E-state index in [4.69, 9.17) is 10.2 Å². The van der Waals surface area contributed by atoms with Gasteiger partial charge in [-0.2, -0.15) is 5.26 Å². The zero-order chi connectivity index (χ0) is 23.4. The summed E-state index contributed by atoms with van der Waals surface area (Å²) in [6.07, 6.45) is 0.847. The monoisotopic (exact) mass is 472 g/mol. The number of carbonyl (C=O) groups is 1. The second kappa shape index (κ2) is 7.77. The fraction of sp³-hybridized carbons (Fsp3) is 0.269. The van der Waals surface area contributed by atoms with Crippen LogP contribution in [0.3, 0.4) is 0 Å². The predicted octanol–water partition coefficient (Wildman–Crippen LogP) is 6.31. The maximum atomic E-state index is 13.2. The van der Waals surface area contributed by atoms with Gasteiger partial charge in [0.05, 0.1) is 21.8 Å². The Labute approximate surface area is 201 Å². The van der Waals surface area contributed by atoms with Crippen LogP contribution in [0.2, 0.25) is 0 Å². The minimum atomic E-state index is -0.232. The molecule has 166 valence electrons. The molecule has 0 fully saturated rings. The number of benzene rings is 2. The Kier molecular flexibility index (Phi) is 5.13. The summed E-state index contributed by atoms with van der Waals surface area (Å²) in [5.74, 6) is -0.189. The van der Waals surface area contributed by atoms with Gasteiger partial charge >= 0.3 is 0 Å². The highest BCUT2D eigenvalue weighted by Gasteiger charge is 2.41. The first-order valence-corrected chi connectivity index (χ1v) is 12.4. The van der Waals surface area contributed by atoms with E-state index >= 15 is 0 Å². The highest BCUT2D eigenvalue weighted by atomic mass is 32.1. The van der Waals surface area contributed by atoms with Crippen LogP contribution in [-0.4, -0.2) is 16.4 Å². The molecule has 3 heterocycles.